The van der Waals surface area contributed by atoms with Gasteiger partial charge in [-0.25, -0.2) is 4.79 Å². The average Bonchev–Trinajstić information content (AvgIpc) is 2.36. The molecule has 0 saturated carbocycles. The van der Waals surface area contributed by atoms with Gasteiger partial charge in [-0.15, -0.1) is 0 Å². The summed E-state index contributed by atoms with van der Waals surface area (Å²) in [6, 6.07) is 5.32. The molecule has 0 radical (unpaired) electrons. The van der Waals surface area contributed by atoms with Gasteiger partial charge < -0.3 is 15.2 Å². The van der Waals surface area contributed by atoms with Crippen LogP contribution in [0.3, 0.4) is 0 Å². The Hall–Kier alpha value is -1.55. The van der Waals surface area contributed by atoms with Crippen molar-refractivity contribution in [1.82, 2.24) is 0 Å². The van der Waals surface area contributed by atoms with E-state index in [1.54, 1.807) is 12.1 Å². The van der Waals surface area contributed by atoms with Crippen molar-refractivity contribution in [3.63, 3.8) is 0 Å². The highest BCUT2D eigenvalue weighted by Gasteiger charge is 2.11. The Morgan fingerprint density at radius 2 is 2.06 bits per heavy atom. The molecule has 0 aliphatic rings. The summed E-state index contributed by atoms with van der Waals surface area (Å²) in [5, 5.41) is 0. The minimum absolute atomic E-state index is 0.260. The van der Waals surface area contributed by atoms with E-state index in [1.807, 2.05) is 13.0 Å². The molecule has 1 aromatic carbocycles. The molecule has 0 spiro atoms. The van der Waals surface area contributed by atoms with Crippen LogP contribution in [0.2, 0.25) is 0 Å². The van der Waals surface area contributed by atoms with Crippen LogP contribution in [0.15, 0.2) is 18.2 Å². The molecule has 1 aromatic rings. The van der Waals surface area contributed by atoms with Gasteiger partial charge in [-0.2, -0.15) is 0 Å². The van der Waals surface area contributed by atoms with Gasteiger partial charge in [0.1, 0.15) is 6.61 Å². The zero-order valence-corrected chi connectivity index (χ0v) is 11.1. The number of hydrogen-bond acceptors (Lipinski definition) is 4. The number of carbonyl (C=O) groups excluding carboxylic acids is 1. The minimum Gasteiger partial charge on any atom is -0.460 e. The van der Waals surface area contributed by atoms with Crippen molar-refractivity contribution in [3.05, 3.63) is 29.3 Å². The highest BCUT2D eigenvalue weighted by atomic mass is 16.6. The van der Waals surface area contributed by atoms with Crippen LogP contribution in [-0.2, 0) is 9.47 Å². The Morgan fingerprint density at radius 3 is 2.78 bits per heavy atom. The van der Waals surface area contributed by atoms with E-state index < -0.39 is 5.97 Å². The smallest absolute Gasteiger partial charge is 0.340 e. The molecule has 0 heterocycles. The van der Waals surface area contributed by atoms with Crippen LogP contribution in [-0.4, -0.2) is 25.8 Å². The number of rotatable bonds is 7. The van der Waals surface area contributed by atoms with Crippen LogP contribution < -0.4 is 5.73 Å². The Morgan fingerprint density at radius 1 is 1.28 bits per heavy atom. The van der Waals surface area contributed by atoms with Crippen LogP contribution >= 0.6 is 0 Å². The summed E-state index contributed by atoms with van der Waals surface area (Å²) < 4.78 is 10.4. The van der Waals surface area contributed by atoms with Crippen LogP contribution in [0, 0.1) is 6.92 Å². The van der Waals surface area contributed by atoms with Crippen molar-refractivity contribution >= 4 is 11.7 Å². The molecule has 0 amide bonds. The molecule has 0 aliphatic carbocycles. The van der Waals surface area contributed by atoms with Crippen molar-refractivity contribution in [2.75, 3.05) is 25.6 Å². The number of aryl methyl sites for hydroxylation is 1. The lowest BCUT2D eigenvalue weighted by Gasteiger charge is -2.09. The van der Waals surface area contributed by atoms with Crippen LogP contribution in [0.4, 0.5) is 5.69 Å². The summed E-state index contributed by atoms with van der Waals surface area (Å²) in [7, 11) is 0. The number of nitrogen functional groups attached to an aromatic ring is 1. The number of unbranched alkanes of at least 4 members (excludes halogenated alkanes) is 1. The zero-order chi connectivity index (χ0) is 13.4. The second kappa shape index (κ2) is 7.71. The molecular formula is C14H21NO3. The third-order valence-electron chi connectivity index (χ3n) is 2.65. The summed E-state index contributed by atoms with van der Waals surface area (Å²) in [5.41, 5.74) is 7.60. The number of para-hydroxylation sites is 1. The average molecular weight is 251 g/mol. The summed E-state index contributed by atoms with van der Waals surface area (Å²) in [5.74, 6) is -0.393. The first kappa shape index (κ1) is 14.5. The number of carbonyl (C=O) groups is 1. The molecule has 0 bridgehead atoms. The third-order valence-corrected chi connectivity index (χ3v) is 2.65. The van der Waals surface area contributed by atoms with Gasteiger partial charge in [0.2, 0.25) is 0 Å². The second-order valence-electron chi connectivity index (χ2n) is 4.14. The standard InChI is InChI=1S/C14H21NO3/c1-3-4-8-17-9-10-18-14(16)12-7-5-6-11(2)13(12)15/h5-7H,3-4,8-10,15H2,1-2H3. The second-order valence-corrected chi connectivity index (χ2v) is 4.14. The van der Waals surface area contributed by atoms with Crippen molar-refractivity contribution in [3.8, 4) is 0 Å². The maximum atomic E-state index is 11.7. The number of nitrogens with two attached hydrogens (primary N) is 1. The number of benzene rings is 1. The van der Waals surface area contributed by atoms with E-state index in [2.05, 4.69) is 6.92 Å². The van der Waals surface area contributed by atoms with Gasteiger partial charge in [0, 0.05) is 12.3 Å². The molecule has 0 fully saturated rings. The van der Waals surface area contributed by atoms with Crippen molar-refractivity contribution < 1.29 is 14.3 Å². The normalized spacial score (nSPS) is 10.3. The van der Waals surface area contributed by atoms with Gasteiger partial charge in [-0.05, 0) is 25.0 Å². The predicted octanol–water partition coefficient (Wildman–Crippen LogP) is 2.55. The Bertz CT molecular complexity index is 391. The van der Waals surface area contributed by atoms with Crippen LogP contribution in [0.1, 0.15) is 35.7 Å². The number of anilines is 1. The van der Waals surface area contributed by atoms with Gasteiger partial charge in [-0.3, -0.25) is 0 Å². The Balaban J connectivity index is 2.35. The van der Waals surface area contributed by atoms with Crippen LogP contribution in [0.5, 0.6) is 0 Å². The van der Waals surface area contributed by atoms with Crippen molar-refractivity contribution in [2.24, 2.45) is 0 Å². The third kappa shape index (κ3) is 4.37. The lowest BCUT2D eigenvalue weighted by Crippen LogP contribution is -2.13. The molecule has 0 unspecified atom stereocenters. The van der Waals surface area contributed by atoms with E-state index in [9.17, 15) is 4.79 Å². The quantitative estimate of drug-likeness (QED) is 0.459. The van der Waals surface area contributed by atoms with Gasteiger partial charge in [0.25, 0.3) is 0 Å². The predicted molar refractivity (Wildman–Crippen MR) is 71.6 cm³/mol. The minimum atomic E-state index is -0.393. The molecular weight excluding hydrogens is 230 g/mol. The first-order valence-electron chi connectivity index (χ1n) is 6.26. The molecule has 0 atom stereocenters. The van der Waals surface area contributed by atoms with Gasteiger partial charge in [0.05, 0.1) is 12.2 Å². The molecule has 1 rings (SSSR count). The van der Waals surface area contributed by atoms with E-state index in [-0.39, 0.29) is 6.61 Å². The Kier molecular flexibility index (Phi) is 6.22. The zero-order valence-electron chi connectivity index (χ0n) is 11.1. The topological polar surface area (TPSA) is 61.5 Å². The fourth-order valence-corrected chi connectivity index (χ4v) is 1.48. The Labute approximate surface area is 108 Å². The highest BCUT2D eigenvalue weighted by molar-refractivity contribution is 5.95. The fraction of sp³-hybridized carbons (Fsp3) is 0.500. The van der Waals surface area contributed by atoms with Crippen LogP contribution in [0.25, 0.3) is 0 Å². The molecule has 4 nitrogen and oxygen atoms in total. The number of ether oxygens (including phenoxy) is 2. The monoisotopic (exact) mass is 251 g/mol. The molecule has 0 aromatic heterocycles. The largest absolute Gasteiger partial charge is 0.460 e. The highest BCUT2D eigenvalue weighted by Crippen LogP contribution is 2.17. The lowest BCUT2D eigenvalue weighted by atomic mass is 10.1. The van der Waals surface area contributed by atoms with E-state index in [0.717, 1.165) is 18.4 Å². The van der Waals surface area contributed by atoms with E-state index >= 15 is 0 Å². The summed E-state index contributed by atoms with van der Waals surface area (Å²) >= 11 is 0. The summed E-state index contributed by atoms with van der Waals surface area (Å²) in [6.45, 7) is 5.36. The molecule has 4 heteroatoms. The lowest BCUT2D eigenvalue weighted by molar-refractivity contribution is 0.0315. The fourth-order valence-electron chi connectivity index (χ4n) is 1.48. The molecule has 0 saturated heterocycles. The molecule has 2 N–H and O–H groups in total. The number of esters is 1. The molecule has 0 aliphatic heterocycles. The first-order chi connectivity index (χ1) is 8.66. The van der Waals surface area contributed by atoms with Gasteiger partial charge in [0.15, 0.2) is 0 Å². The van der Waals surface area contributed by atoms with Gasteiger partial charge >= 0.3 is 5.97 Å². The van der Waals surface area contributed by atoms with Gasteiger partial charge in [-0.1, -0.05) is 25.5 Å². The summed E-state index contributed by atoms with van der Waals surface area (Å²) in [6.07, 6.45) is 2.12. The van der Waals surface area contributed by atoms with Crippen molar-refractivity contribution in [2.45, 2.75) is 26.7 Å². The molecule has 100 valence electrons. The van der Waals surface area contributed by atoms with Crippen molar-refractivity contribution in [1.29, 1.82) is 0 Å². The summed E-state index contributed by atoms with van der Waals surface area (Å²) in [4.78, 5) is 11.7. The first-order valence-corrected chi connectivity index (χ1v) is 6.26. The maximum absolute atomic E-state index is 11.7. The number of hydrogen-bond donors (Lipinski definition) is 1. The van der Waals surface area contributed by atoms with E-state index in [1.165, 1.54) is 0 Å². The SMILES string of the molecule is CCCCOCCOC(=O)c1cccc(C)c1N. The molecule has 18 heavy (non-hydrogen) atoms. The van der Waals surface area contributed by atoms with E-state index in [4.69, 9.17) is 15.2 Å². The maximum Gasteiger partial charge on any atom is 0.340 e. The van der Waals surface area contributed by atoms with E-state index in [0.29, 0.717) is 24.5 Å².